The lowest BCUT2D eigenvalue weighted by atomic mass is 10.00. The van der Waals surface area contributed by atoms with Gasteiger partial charge in [0.25, 0.3) is 0 Å². The minimum absolute atomic E-state index is 0.0608. The van der Waals surface area contributed by atoms with Crippen molar-refractivity contribution in [1.82, 2.24) is 4.90 Å². The molecule has 1 heterocycles. The van der Waals surface area contributed by atoms with Crippen molar-refractivity contribution in [2.24, 2.45) is 5.92 Å². The molecule has 1 aliphatic rings. The first-order chi connectivity index (χ1) is 12.0. The van der Waals surface area contributed by atoms with E-state index in [1.165, 1.54) is 0 Å². The Morgan fingerprint density at radius 1 is 1.36 bits per heavy atom. The van der Waals surface area contributed by atoms with Gasteiger partial charge in [-0.1, -0.05) is 31.9 Å². The molecule has 0 saturated carbocycles. The minimum atomic E-state index is -0.752. The van der Waals surface area contributed by atoms with Crippen LogP contribution in [0, 0.1) is 17.8 Å². The Labute approximate surface area is 151 Å². The highest BCUT2D eigenvalue weighted by Crippen LogP contribution is 2.21. The number of carbonyl (C=O) groups is 2. The van der Waals surface area contributed by atoms with Gasteiger partial charge in [0, 0.05) is 25.8 Å². The highest BCUT2D eigenvalue weighted by Gasteiger charge is 2.28. The molecule has 1 amide bonds. The number of carboxylic acids is 1. The Balaban J connectivity index is 2.39. The molecule has 0 spiro atoms. The fourth-order valence-corrected chi connectivity index (χ4v) is 2.97. The SMILES string of the molecule is CC#CC[C@H](C)[C@H](O)C=C[C@H]1CCC(=O)N1CCCCCCC(=O)O. The number of hydrogen-bond donors (Lipinski definition) is 2. The summed E-state index contributed by atoms with van der Waals surface area (Å²) in [6.07, 6.45) is 8.82. The van der Waals surface area contributed by atoms with Gasteiger partial charge in [0.2, 0.25) is 5.91 Å². The molecule has 1 saturated heterocycles. The summed E-state index contributed by atoms with van der Waals surface area (Å²) >= 11 is 0. The van der Waals surface area contributed by atoms with E-state index in [9.17, 15) is 14.7 Å². The van der Waals surface area contributed by atoms with E-state index >= 15 is 0 Å². The molecule has 2 N–H and O–H groups in total. The average molecular weight is 349 g/mol. The van der Waals surface area contributed by atoms with Crippen LogP contribution in [0.25, 0.3) is 0 Å². The summed E-state index contributed by atoms with van der Waals surface area (Å²) in [4.78, 5) is 24.4. The summed E-state index contributed by atoms with van der Waals surface area (Å²) in [5.74, 6) is 5.30. The molecule has 1 fully saturated rings. The second kappa shape index (κ2) is 11.7. The zero-order valence-corrected chi connectivity index (χ0v) is 15.4. The number of carboxylic acid groups (broad SMARTS) is 1. The van der Waals surface area contributed by atoms with Gasteiger partial charge in [0.05, 0.1) is 12.1 Å². The van der Waals surface area contributed by atoms with Gasteiger partial charge in [-0.05, 0) is 32.1 Å². The van der Waals surface area contributed by atoms with Crippen LogP contribution in [0.4, 0.5) is 0 Å². The molecule has 140 valence electrons. The van der Waals surface area contributed by atoms with Crippen molar-refractivity contribution in [3.63, 3.8) is 0 Å². The number of aliphatic carboxylic acids is 1. The first-order valence-corrected chi connectivity index (χ1v) is 9.23. The molecule has 5 nitrogen and oxygen atoms in total. The van der Waals surface area contributed by atoms with E-state index in [2.05, 4.69) is 11.8 Å². The number of aliphatic hydroxyl groups is 1. The predicted molar refractivity (Wildman–Crippen MR) is 97.8 cm³/mol. The van der Waals surface area contributed by atoms with Gasteiger partial charge in [-0.3, -0.25) is 9.59 Å². The molecule has 1 rings (SSSR count). The van der Waals surface area contributed by atoms with E-state index in [4.69, 9.17) is 5.11 Å². The number of hydrogen-bond acceptors (Lipinski definition) is 3. The summed E-state index contributed by atoms with van der Waals surface area (Å²) in [5, 5.41) is 18.8. The molecule has 3 atom stereocenters. The molecule has 0 bridgehead atoms. The van der Waals surface area contributed by atoms with Crippen LogP contribution < -0.4 is 0 Å². The number of amides is 1. The Kier molecular flexibility index (Phi) is 9.94. The summed E-state index contributed by atoms with van der Waals surface area (Å²) in [7, 11) is 0. The maximum Gasteiger partial charge on any atom is 0.303 e. The molecule has 5 heteroatoms. The van der Waals surface area contributed by atoms with Crippen molar-refractivity contribution in [2.75, 3.05) is 6.54 Å². The van der Waals surface area contributed by atoms with E-state index in [1.54, 1.807) is 13.0 Å². The molecule has 0 aromatic carbocycles. The third-order valence-electron chi connectivity index (χ3n) is 4.63. The molecular weight excluding hydrogens is 318 g/mol. The lowest BCUT2D eigenvalue weighted by molar-refractivity contribution is -0.137. The molecule has 0 unspecified atom stereocenters. The second-order valence-electron chi connectivity index (χ2n) is 6.73. The number of aliphatic hydroxyl groups excluding tert-OH is 1. The largest absolute Gasteiger partial charge is 0.481 e. The Morgan fingerprint density at radius 3 is 2.76 bits per heavy atom. The monoisotopic (exact) mass is 349 g/mol. The van der Waals surface area contributed by atoms with Gasteiger partial charge in [-0.15, -0.1) is 11.8 Å². The van der Waals surface area contributed by atoms with E-state index in [0.29, 0.717) is 25.8 Å². The van der Waals surface area contributed by atoms with E-state index in [1.807, 2.05) is 17.9 Å². The second-order valence-corrected chi connectivity index (χ2v) is 6.73. The number of nitrogens with zero attached hydrogens (tertiary/aromatic N) is 1. The van der Waals surface area contributed by atoms with Crippen LogP contribution in [0.5, 0.6) is 0 Å². The molecule has 25 heavy (non-hydrogen) atoms. The number of unbranched alkanes of at least 4 members (excludes halogenated alkanes) is 3. The lowest BCUT2D eigenvalue weighted by Gasteiger charge is -2.23. The molecule has 1 aliphatic heterocycles. The number of rotatable bonds is 11. The Hall–Kier alpha value is -1.80. The van der Waals surface area contributed by atoms with Crippen molar-refractivity contribution in [3.05, 3.63) is 12.2 Å². The average Bonchev–Trinajstić information content (AvgIpc) is 2.93. The fourth-order valence-electron chi connectivity index (χ4n) is 2.97. The van der Waals surface area contributed by atoms with Gasteiger partial charge >= 0.3 is 5.97 Å². The zero-order valence-electron chi connectivity index (χ0n) is 15.4. The number of likely N-dealkylation sites (tertiary alicyclic amines) is 1. The summed E-state index contributed by atoms with van der Waals surface area (Å²) in [6.45, 7) is 4.46. The highest BCUT2D eigenvalue weighted by atomic mass is 16.4. The van der Waals surface area contributed by atoms with Crippen LogP contribution in [0.3, 0.4) is 0 Å². The third-order valence-corrected chi connectivity index (χ3v) is 4.63. The number of carbonyl (C=O) groups excluding carboxylic acids is 1. The smallest absolute Gasteiger partial charge is 0.303 e. The minimum Gasteiger partial charge on any atom is -0.481 e. The van der Waals surface area contributed by atoms with Crippen molar-refractivity contribution >= 4 is 11.9 Å². The fraction of sp³-hybridized carbons (Fsp3) is 0.700. The van der Waals surface area contributed by atoms with Gasteiger partial charge in [0.15, 0.2) is 0 Å². The quantitative estimate of drug-likeness (QED) is 0.341. The summed E-state index contributed by atoms with van der Waals surface area (Å²) in [5.41, 5.74) is 0. The van der Waals surface area contributed by atoms with Crippen molar-refractivity contribution < 1.29 is 19.8 Å². The normalized spacial score (nSPS) is 19.7. The Morgan fingerprint density at radius 2 is 2.08 bits per heavy atom. The van der Waals surface area contributed by atoms with E-state index in [-0.39, 0.29) is 24.3 Å². The Bertz CT molecular complexity index is 518. The van der Waals surface area contributed by atoms with E-state index in [0.717, 1.165) is 25.7 Å². The van der Waals surface area contributed by atoms with Gasteiger partial charge < -0.3 is 15.1 Å². The zero-order chi connectivity index (χ0) is 18.7. The van der Waals surface area contributed by atoms with Gasteiger partial charge in [0.1, 0.15) is 0 Å². The molecule has 0 aromatic heterocycles. The maximum absolute atomic E-state index is 12.0. The maximum atomic E-state index is 12.0. The van der Waals surface area contributed by atoms with Crippen LogP contribution in [-0.2, 0) is 9.59 Å². The van der Waals surface area contributed by atoms with Crippen molar-refractivity contribution in [2.45, 2.75) is 77.4 Å². The highest BCUT2D eigenvalue weighted by molar-refractivity contribution is 5.79. The van der Waals surface area contributed by atoms with Crippen LogP contribution in [0.1, 0.15) is 65.2 Å². The summed E-state index contributed by atoms with van der Waals surface area (Å²) < 4.78 is 0. The third kappa shape index (κ3) is 8.22. The van der Waals surface area contributed by atoms with E-state index < -0.39 is 12.1 Å². The van der Waals surface area contributed by atoms with Gasteiger partial charge in [-0.25, -0.2) is 0 Å². The molecule has 0 aromatic rings. The molecule has 0 aliphatic carbocycles. The summed E-state index contributed by atoms with van der Waals surface area (Å²) in [6, 6.07) is 0.0608. The van der Waals surface area contributed by atoms with Crippen LogP contribution in [0.15, 0.2) is 12.2 Å². The molecular formula is C20H31NO4. The first kappa shape index (κ1) is 21.2. The van der Waals surface area contributed by atoms with Crippen molar-refractivity contribution in [1.29, 1.82) is 0 Å². The van der Waals surface area contributed by atoms with Crippen LogP contribution in [0.2, 0.25) is 0 Å². The predicted octanol–water partition coefficient (Wildman–Crippen LogP) is 2.98. The van der Waals surface area contributed by atoms with Gasteiger partial charge in [-0.2, -0.15) is 0 Å². The topological polar surface area (TPSA) is 77.8 Å². The van der Waals surface area contributed by atoms with Crippen LogP contribution in [-0.4, -0.2) is 45.7 Å². The lowest BCUT2D eigenvalue weighted by Crippen LogP contribution is -2.33. The van der Waals surface area contributed by atoms with Crippen molar-refractivity contribution in [3.8, 4) is 11.8 Å². The van der Waals surface area contributed by atoms with Crippen LogP contribution >= 0.6 is 0 Å². The molecule has 0 radical (unpaired) electrons. The standard InChI is InChI=1S/C20H31NO4/c1-3-4-9-16(2)18(22)13-11-17-12-14-19(23)21(17)15-8-6-5-7-10-20(24)25/h11,13,16-18,22H,5-10,12,14-15H2,1-2H3,(H,24,25)/t16-,17-,18+/m0/s1. The first-order valence-electron chi connectivity index (χ1n) is 9.23.